The fourth-order valence-corrected chi connectivity index (χ4v) is 9.84. The Balaban J connectivity index is 0.922. The zero-order valence-corrected chi connectivity index (χ0v) is 33.3. The molecule has 3 amide bonds. The van der Waals surface area contributed by atoms with Gasteiger partial charge in [0.15, 0.2) is 0 Å². The monoisotopic (exact) mass is 779 g/mol. The van der Waals surface area contributed by atoms with Gasteiger partial charge in [0.1, 0.15) is 16.1 Å². The first-order valence-electron chi connectivity index (χ1n) is 19.4. The van der Waals surface area contributed by atoms with Crippen LogP contribution < -0.4 is 5.32 Å². The van der Waals surface area contributed by atoms with Crippen LogP contribution in [0.3, 0.4) is 0 Å². The normalized spacial score (nSPS) is 17.3. The number of hydrogen-bond donors (Lipinski definition) is 1. The van der Waals surface area contributed by atoms with E-state index in [1.165, 1.54) is 0 Å². The standard InChI is InChI=1S/C46H45N5O3S2/c1-30(2)43(53)49-42(36-13-7-4-8-14-36)46(54)51-26-10-16-38(51)45-48-29-40(56-45)35-23-19-33(20-24-35)32-17-21-34(22-18-32)39-28-47-44(55-39)37-15-9-25-50(37)41(52)27-31-11-5-3-6-12-31/h3-8,11-14,17-24,28-30,37-38,42H,9-10,15-16,25-27H2,1-2H3,(H,49,53)/t37-,38-,42-/m0/s1. The van der Waals surface area contributed by atoms with E-state index in [2.05, 4.69) is 53.8 Å². The number of nitrogens with zero attached hydrogens (tertiary/aromatic N) is 4. The number of thiazole rings is 2. The van der Waals surface area contributed by atoms with Crippen LogP contribution in [0.15, 0.2) is 122 Å². The third-order valence-electron chi connectivity index (χ3n) is 10.8. The molecule has 3 atom stereocenters. The molecule has 2 fully saturated rings. The number of carbonyl (C=O) groups is 3. The average molecular weight is 780 g/mol. The SMILES string of the molecule is CC(C)C(=O)N[C@H](C(=O)N1CCC[C@H]1c1ncc(-c2ccc(-c3ccc(-c4cnc([C@@H]5CCCN5C(=O)Cc5ccccc5)s4)cc3)cc2)s1)c1ccccc1. The second-order valence-corrected chi connectivity index (χ2v) is 17.0. The van der Waals surface area contributed by atoms with E-state index in [9.17, 15) is 14.4 Å². The van der Waals surface area contributed by atoms with Crippen molar-refractivity contribution in [3.63, 3.8) is 0 Å². The van der Waals surface area contributed by atoms with Crippen LogP contribution in [0, 0.1) is 5.92 Å². The average Bonchev–Trinajstić information content (AvgIpc) is 4.07. The summed E-state index contributed by atoms with van der Waals surface area (Å²) < 4.78 is 0. The maximum Gasteiger partial charge on any atom is 0.250 e. The van der Waals surface area contributed by atoms with Crippen LogP contribution >= 0.6 is 22.7 Å². The zero-order valence-electron chi connectivity index (χ0n) is 31.6. The first-order chi connectivity index (χ1) is 27.3. The number of nitrogens with one attached hydrogen (secondary N) is 1. The van der Waals surface area contributed by atoms with E-state index in [0.717, 1.165) is 85.4 Å². The lowest BCUT2D eigenvalue weighted by atomic mass is 10.0. The van der Waals surface area contributed by atoms with Crippen molar-refractivity contribution in [2.24, 2.45) is 5.92 Å². The van der Waals surface area contributed by atoms with Crippen molar-refractivity contribution >= 4 is 40.4 Å². The van der Waals surface area contributed by atoms with Gasteiger partial charge in [0.2, 0.25) is 17.7 Å². The molecule has 0 unspecified atom stereocenters. The summed E-state index contributed by atoms with van der Waals surface area (Å²) in [6.07, 6.45) is 7.93. The molecule has 4 heterocycles. The number of hydrogen-bond acceptors (Lipinski definition) is 7. The maximum absolute atomic E-state index is 14.1. The molecule has 2 saturated heterocycles. The molecule has 2 aromatic heterocycles. The summed E-state index contributed by atoms with van der Waals surface area (Å²) in [5, 5.41) is 4.92. The van der Waals surface area contributed by atoms with Crippen LogP contribution in [0.1, 0.15) is 78.8 Å². The summed E-state index contributed by atoms with van der Waals surface area (Å²) in [5.74, 6) is -0.307. The van der Waals surface area contributed by atoms with Gasteiger partial charge < -0.3 is 15.1 Å². The van der Waals surface area contributed by atoms with Crippen LogP contribution in [0.2, 0.25) is 0 Å². The molecule has 4 aromatic carbocycles. The number of aromatic nitrogens is 2. The molecule has 0 bridgehead atoms. The predicted octanol–water partition coefficient (Wildman–Crippen LogP) is 9.68. The van der Waals surface area contributed by atoms with Crippen LogP contribution in [0.5, 0.6) is 0 Å². The Morgan fingerprint density at radius 2 is 1.14 bits per heavy atom. The molecule has 0 aliphatic carbocycles. The van der Waals surface area contributed by atoms with Crippen molar-refractivity contribution in [2.45, 2.75) is 64.1 Å². The quantitative estimate of drug-likeness (QED) is 0.141. The summed E-state index contributed by atoms with van der Waals surface area (Å²) in [5.41, 5.74) is 6.27. The van der Waals surface area contributed by atoms with E-state index < -0.39 is 6.04 Å². The first-order valence-corrected chi connectivity index (χ1v) is 21.1. The predicted molar refractivity (Wildman–Crippen MR) is 224 cm³/mol. The molecule has 2 aliphatic heterocycles. The van der Waals surface area contributed by atoms with Crippen molar-refractivity contribution in [2.75, 3.05) is 13.1 Å². The largest absolute Gasteiger partial charge is 0.340 e. The Morgan fingerprint density at radius 3 is 1.68 bits per heavy atom. The van der Waals surface area contributed by atoms with Crippen LogP contribution in [-0.4, -0.2) is 50.6 Å². The Kier molecular flexibility index (Phi) is 11.2. The summed E-state index contributed by atoms with van der Waals surface area (Å²) >= 11 is 3.31. The molecule has 6 aromatic rings. The van der Waals surface area contributed by atoms with Gasteiger partial charge in [-0.1, -0.05) is 123 Å². The van der Waals surface area contributed by atoms with Gasteiger partial charge >= 0.3 is 0 Å². The lowest BCUT2D eigenvalue weighted by Crippen LogP contribution is -2.43. The molecule has 1 N–H and O–H groups in total. The van der Waals surface area contributed by atoms with E-state index >= 15 is 0 Å². The summed E-state index contributed by atoms with van der Waals surface area (Å²) in [6, 6.07) is 35.8. The molecule has 10 heteroatoms. The lowest BCUT2D eigenvalue weighted by molar-refractivity contribution is -0.138. The van der Waals surface area contributed by atoms with E-state index in [-0.39, 0.29) is 35.7 Å². The Labute approximate surface area is 336 Å². The van der Waals surface area contributed by atoms with Crippen molar-refractivity contribution in [3.05, 3.63) is 143 Å². The molecule has 284 valence electrons. The first kappa shape index (κ1) is 37.5. The minimum Gasteiger partial charge on any atom is -0.340 e. The second kappa shape index (κ2) is 16.7. The van der Waals surface area contributed by atoms with Gasteiger partial charge in [-0.05, 0) is 59.1 Å². The van der Waals surface area contributed by atoms with Gasteiger partial charge in [0, 0.05) is 31.4 Å². The number of benzene rings is 4. The molecule has 56 heavy (non-hydrogen) atoms. The highest BCUT2D eigenvalue weighted by molar-refractivity contribution is 7.15. The number of rotatable bonds is 11. The zero-order chi connectivity index (χ0) is 38.6. The molecule has 0 saturated carbocycles. The number of carbonyl (C=O) groups excluding carboxylic acids is 3. The third kappa shape index (κ3) is 8.08. The van der Waals surface area contributed by atoms with Crippen molar-refractivity contribution in [1.29, 1.82) is 0 Å². The third-order valence-corrected chi connectivity index (χ3v) is 13.1. The van der Waals surface area contributed by atoms with Crippen molar-refractivity contribution < 1.29 is 14.4 Å². The topological polar surface area (TPSA) is 95.5 Å². The summed E-state index contributed by atoms with van der Waals surface area (Å²) in [7, 11) is 0. The fraction of sp³-hybridized carbons (Fsp3) is 0.283. The highest BCUT2D eigenvalue weighted by Crippen LogP contribution is 2.40. The Morgan fingerprint density at radius 1 is 0.661 bits per heavy atom. The Bertz CT molecular complexity index is 2290. The molecular weight excluding hydrogens is 735 g/mol. The highest BCUT2D eigenvalue weighted by Gasteiger charge is 2.37. The van der Waals surface area contributed by atoms with Gasteiger partial charge in [0.25, 0.3) is 0 Å². The minimum atomic E-state index is -0.739. The smallest absolute Gasteiger partial charge is 0.250 e. The van der Waals surface area contributed by atoms with Crippen LogP contribution in [-0.2, 0) is 20.8 Å². The second-order valence-electron chi connectivity index (χ2n) is 14.9. The highest BCUT2D eigenvalue weighted by atomic mass is 32.1. The van der Waals surface area contributed by atoms with Gasteiger partial charge in [-0.15, -0.1) is 22.7 Å². The Hall–Kier alpha value is -5.45. The maximum atomic E-state index is 14.1. The summed E-state index contributed by atoms with van der Waals surface area (Å²) in [4.78, 5) is 55.7. The van der Waals surface area contributed by atoms with Gasteiger partial charge in [-0.25, -0.2) is 9.97 Å². The number of amides is 3. The fourth-order valence-electron chi connectivity index (χ4n) is 7.69. The molecule has 8 nitrogen and oxygen atoms in total. The number of likely N-dealkylation sites (tertiary alicyclic amines) is 2. The summed E-state index contributed by atoms with van der Waals surface area (Å²) in [6.45, 7) is 5.08. The van der Waals surface area contributed by atoms with E-state index in [0.29, 0.717) is 13.0 Å². The van der Waals surface area contributed by atoms with Gasteiger partial charge in [-0.2, -0.15) is 0 Å². The van der Waals surface area contributed by atoms with Gasteiger partial charge in [0.05, 0.1) is 28.3 Å². The molecular formula is C46H45N5O3S2. The molecule has 8 rings (SSSR count). The minimum absolute atomic E-state index is 0.0350. The van der Waals surface area contributed by atoms with Crippen molar-refractivity contribution in [3.8, 4) is 32.0 Å². The molecule has 2 aliphatic rings. The van der Waals surface area contributed by atoms with E-state index in [1.54, 1.807) is 22.7 Å². The molecule has 0 spiro atoms. The van der Waals surface area contributed by atoms with E-state index in [4.69, 9.17) is 9.97 Å². The van der Waals surface area contributed by atoms with Gasteiger partial charge in [-0.3, -0.25) is 14.4 Å². The van der Waals surface area contributed by atoms with Crippen molar-refractivity contribution in [1.82, 2.24) is 25.1 Å². The lowest BCUT2D eigenvalue weighted by Gasteiger charge is -2.29. The van der Waals surface area contributed by atoms with Crippen LogP contribution in [0.4, 0.5) is 0 Å². The molecule has 0 radical (unpaired) electrons. The van der Waals surface area contributed by atoms with Crippen LogP contribution in [0.25, 0.3) is 32.0 Å². The van der Waals surface area contributed by atoms with E-state index in [1.807, 2.05) is 96.7 Å².